The summed E-state index contributed by atoms with van der Waals surface area (Å²) in [5.41, 5.74) is -0.812. The summed E-state index contributed by atoms with van der Waals surface area (Å²) in [6, 6.07) is 2.35. The molecule has 0 unspecified atom stereocenters. The quantitative estimate of drug-likeness (QED) is 0.396. The number of piperidine rings is 1. The first-order valence-corrected chi connectivity index (χ1v) is 10.2. The molecule has 2 heterocycles. The number of aromatic nitrogens is 1. The summed E-state index contributed by atoms with van der Waals surface area (Å²) >= 11 is 0. The highest BCUT2D eigenvalue weighted by atomic mass is 19.4. The van der Waals surface area contributed by atoms with Crippen molar-refractivity contribution in [3.05, 3.63) is 23.9 Å². The Hall–Kier alpha value is -2.52. The van der Waals surface area contributed by atoms with E-state index in [1.807, 2.05) is 25.7 Å². The monoisotopic (exact) mass is 429 g/mol. The molecule has 0 radical (unpaired) electrons. The molecule has 30 heavy (non-hydrogen) atoms. The number of carbonyl (C=O) groups excluding carboxylic acids is 1. The number of carbonyl (C=O) groups is 1. The molecule has 0 saturated carbocycles. The van der Waals surface area contributed by atoms with Gasteiger partial charge >= 0.3 is 6.18 Å². The fourth-order valence-corrected chi connectivity index (χ4v) is 3.06. The molecule has 168 valence electrons. The summed E-state index contributed by atoms with van der Waals surface area (Å²) < 4.78 is 43.0. The third-order valence-corrected chi connectivity index (χ3v) is 4.66. The molecular formula is C20H30F3N5O2. The fraction of sp³-hybridized carbons (Fsp3) is 0.650. The van der Waals surface area contributed by atoms with Crippen LogP contribution in [0.3, 0.4) is 0 Å². The minimum absolute atomic E-state index is 0.00699. The van der Waals surface area contributed by atoms with E-state index in [-0.39, 0.29) is 30.4 Å². The highest BCUT2D eigenvalue weighted by Gasteiger charge is 2.30. The predicted molar refractivity (Wildman–Crippen MR) is 108 cm³/mol. The zero-order chi connectivity index (χ0) is 22.1. The standard InChI is InChI=1S/C20H30F3N5O2/c1-4-24-19(27-16-7-10-28(11-8-16)18(29)14(2)3)25-9-12-30-17-6-5-15(13-26-17)20(21,22)23/h5-6,13-14,16H,4,7-12H2,1-3H3,(H2,24,25,27). The molecule has 1 aromatic rings. The summed E-state index contributed by atoms with van der Waals surface area (Å²) in [5, 5.41) is 6.54. The number of nitrogens with one attached hydrogen (secondary N) is 2. The van der Waals surface area contributed by atoms with Crippen molar-refractivity contribution in [1.29, 1.82) is 0 Å². The summed E-state index contributed by atoms with van der Waals surface area (Å²) in [6.07, 6.45) is -1.98. The lowest BCUT2D eigenvalue weighted by molar-refractivity contribution is -0.138. The van der Waals surface area contributed by atoms with E-state index < -0.39 is 11.7 Å². The van der Waals surface area contributed by atoms with Gasteiger partial charge in [0.05, 0.1) is 12.1 Å². The van der Waals surface area contributed by atoms with Crippen molar-refractivity contribution >= 4 is 11.9 Å². The van der Waals surface area contributed by atoms with Gasteiger partial charge in [-0.1, -0.05) is 13.8 Å². The molecule has 1 aliphatic heterocycles. The fourth-order valence-electron chi connectivity index (χ4n) is 3.06. The largest absolute Gasteiger partial charge is 0.476 e. The third kappa shape index (κ3) is 7.38. The number of ether oxygens (including phenoxy) is 1. The van der Waals surface area contributed by atoms with Crippen molar-refractivity contribution in [2.45, 2.75) is 45.8 Å². The number of aliphatic imine (C=N–C) groups is 1. The molecule has 0 bridgehead atoms. The number of hydrogen-bond acceptors (Lipinski definition) is 4. The Kier molecular flexibility index (Phi) is 8.73. The first-order chi connectivity index (χ1) is 14.2. The maximum Gasteiger partial charge on any atom is 0.417 e. The van der Waals surface area contributed by atoms with Crippen molar-refractivity contribution in [1.82, 2.24) is 20.5 Å². The van der Waals surface area contributed by atoms with Gasteiger partial charge in [0.2, 0.25) is 11.8 Å². The van der Waals surface area contributed by atoms with Crippen LogP contribution in [0, 0.1) is 5.92 Å². The minimum Gasteiger partial charge on any atom is -0.476 e. The molecule has 7 nitrogen and oxygen atoms in total. The number of halogens is 3. The van der Waals surface area contributed by atoms with Crippen LogP contribution >= 0.6 is 0 Å². The number of hydrogen-bond donors (Lipinski definition) is 2. The van der Waals surface area contributed by atoms with E-state index in [1.54, 1.807) is 0 Å². The van der Waals surface area contributed by atoms with Gasteiger partial charge in [0.15, 0.2) is 5.96 Å². The second kappa shape index (κ2) is 11.0. The molecule has 1 aliphatic rings. The van der Waals surface area contributed by atoms with E-state index in [2.05, 4.69) is 20.6 Å². The van der Waals surface area contributed by atoms with Crippen LogP contribution in [0.1, 0.15) is 39.2 Å². The number of amides is 1. The molecule has 0 atom stereocenters. The van der Waals surface area contributed by atoms with Crippen molar-refractivity contribution in [2.24, 2.45) is 10.9 Å². The molecule has 2 rings (SSSR count). The zero-order valence-electron chi connectivity index (χ0n) is 17.6. The van der Waals surface area contributed by atoms with Crippen LogP contribution in [0.2, 0.25) is 0 Å². The van der Waals surface area contributed by atoms with E-state index in [4.69, 9.17) is 4.74 Å². The highest BCUT2D eigenvalue weighted by molar-refractivity contribution is 5.80. The normalized spacial score (nSPS) is 16.0. The van der Waals surface area contributed by atoms with Gasteiger partial charge in [0, 0.05) is 43.9 Å². The second-order valence-electron chi connectivity index (χ2n) is 7.39. The maximum absolute atomic E-state index is 12.5. The summed E-state index contributed by atoms with van der Waals surface area (Å²) in [5.74, 6) is 0.962. The Balaban J connectivity index is 1.78. The number of nitrogens with zero attached hydrogens (tertiary/aromatic N) is 3. The number of guanidine groups is 1. The molecule has 1 amide bonds. The van der Waals surface area contributed by atoms with Crippen LogP contribution < -0.4 is 15.4 Å². The molecule has 0 spiro atoms. The highest BCUT2D eigenvalue weighted by Crippen LogP contribution is 2.29. The van der Waals surface area contributed by atoms with Crippen LogP contribution in [0.15, 0.2) is 23.3 Å². The van der Waals surface area contributed by atoms with E-state index >= 15 is 0 Å². The van der Waals surface area contributed by atoms with E-state index in [0.29, 0.717) is 19.0 Å². The second-order valence-corrected chi connectivity index (χ2v) is 7.39. The smallest absolute Gasteiger partial charge is 0.417 e. The molecule has 0 aromatic carbocycles. The van der Waals surface area contributed by atoms with Gasteiger partial charge in [-0.15, -0.1) is 0 Å². The average Bonchev–Trinajstić information content (AvgIpc) is 2.71. The third-order valence-electron chi connectivity index (χ3n) is 4.66. The Morgan fingerprint density at radius 1 is 1.33 bits per heavy atom. The Bertz CT molecular complexity index is 699. The van der Waals surface area contributed by atoms with E-state index in [1.165, 1.54) is 6.07 Å². The number of rotatable bonds is 7. The first kappa shape index (κ1) is 23.8. The molecule has 0 aliphatic carbocycles. The van der Waals surface area contributed by atoms with Gasteiger partial charge in [0.1, 0.15) is 6.61 Å². The Morgan fingerprint density at radius 2 is 2.03 bits per heavy atom. The van der Waals surface area contributed by atoms with E-state index in [0.717, 1.165) is 38.2 Å². The summed E-state index contributed by atoms with van der Waals surface area (Å²) in [6.45, 7) is 8.42. The molecule has 2 N–H and O–H groups in total. The Labute approximate surface area is 175 Å². The lowest BCUT2D eigenvalue weighted by Crippen LogP contribution is -2.50. The van der Waals surface area contributed by atoms with Crippen molar-refractivity contribution in [2.75, 3.05) is 32.8 Å². The average molecular weight is 429 g/mol. The molecule has 1 aromatic heterocycles. The zero-order valence-corrected chi connectivity index (χ0v) is 17.6. The van der Waals surface area contributed by atoms with Crippen LogP contribution in [-0.2, 0) is 11.0 Å². The summed E-state index contributed by atoms with van der Waals surface area (Å²) in [4.78, 5) is 22.1. The molecule has 1 fully saturated rings. The predicted octanol–water partition coefficient (Wildman–Crippen LogP) is 2.68. The number of alkyl halides is 3. The number of pyridine rings is 1. The van der Waals surface area contributed by atoms with Crippen molar-refractivity contribution in [3.63, 3.8) is 0 Å². The minimum atomic E-state index is -4.42. The Morgan fingerprint density at radius 3 is 2.57 bits per heavy atom. The van der Waals surface area contributed by atoms with Crippen LogP contribution in [0.4, 0.5) is 13.2 Å². The van der Waals surface area contributed by atoms with Gasteiger partial charge in [-0.3, -0.25) is 4.79 Å². The summed E-state index contributed by atoms with van der Waals surface area (Å²) in [7, 11) is 0. The van der Waals surface area contributed by atoms with E-state index in [9.17, 15) is 18.0 Å². The lowest BCUT2D eigenvalue weighted by atomic mass is 10.0. The maximum atomic E-state index is 12.5. The van der Waals surface area contributed by atoms with Gasteiger partial charge in [-0.05, 0) is 25.8 Å². The van der Waals surface area contributed by atoms with Crippen molar-refractivity contribution < 1.29 is 22.7 Å². The SMILES string of the molecule is CCNC(=NCCOc1ccc(C(F)(F)F)cn1)NC1CCN(C(=O)C(C)C)CC1. The first-order valence-electron chi connectivity index (χ1n) is 10.2. The van der Waals surface area contributed by atoms with Gasteiger partial charge in [-0.2, -0.15) is 13.2 Å². The molecule has 1 saturated heterocycles. The van der Waals surface area contributed by atoms with Crippen LogP contribution in [0.25, 0.3) is 0 Å². The van der Waals surface area contributed by atoms with Gasteiger partial charge in [0.25, 0.3) is 0 Å². The van der Waals surface area contributed by atoms with Crippen LogP contribution in [-0.4, -0.2) is 60.6 Å². The topological polar surface area (TPSA) is 78.9 Å². The number of likely N-dealkylation sites (tertiary alicyclic amines) is 1. The lowest BCUT2D eigenvalue weighted by Gasteiger charge is -2.34. The molecule has 10 heteroatoms. The molecular weight excluding hydrogens is 399 g/mol. The van der Waals surface area contributed by atoms with Gasteiger partial charge in [-0.25, -0.2) is 9.98 Å². The van der Waals surface area contributed by atoms with Gasteiger partial charge < -0.3 is 20.3 Å². The van der Waals surface area contributed by atoms with Crippen LogP contribution in [0.5, 0.6) is 5.88 Å². The van der Waals surface area contributed by atoms with Crippen molar-refractivity contribution in [3.8, 4) is 5.88 Å².